The molecule has 1 atom stereocenters. The number of methoxy groups -OCH3 is 1. The highest BCUT2D eigenvalue weighted by atomic mass is 35.5. The average Bonchev–Trinajstić information content (AvgIpc) is 3.05. The number of fused-ring (bicyclic) bond motifs is 1. The van der Waals surface area contributed by atoms with Gasteiger partial charge in [-0.25, -0.2) is 8.42 Å². The predicted octanol–water partition coefficient (Wildman–Crippen LogP) is 6.54. The maximum absolute atomic E-state index is 13.9. The van der Waals surface area contributed by atoms with Gasteiger partial charge in [0.25, 0.3) is 0 Å². The third-order valence-corrected chi connectivity index (χ3v) is 11.8. The molecule has 2 heterocycles. The number of ether oxygens (including phenoxy) is 2. The third kappa shape index (κ3) is 7.58. The highest BCUT2D eigenvalue weighted by molar-refractivity contribution is 7.91. The highest BCUT2D eigenvalue weighted by Gasteiger charge is 2.36. The first-order chi connectivity index (χ1) is 22.5. The van der Waals surface area contributed by atoms with E-state index in [4.69, 9.17) is 21.1 Å². The van der Waals surface area contributed by atoms with Gasteiger partial charge in [-0.2, -0.15) is 0 Å². The lowest BCUT2D eigenvalue weighted by molar-refractivity contribution is -0.118. The number of carbonyl (C=O) groups is 1. The summed E-state index contributed by atoms with van der Waals surface area (Å²) in [6, 6.07) is 20.1. The summed E-state index contributed by atoms with van der Waals surface area (Å²) in [5.74, 6) is 2.48. The van der Waals surface area contributed by atoms with E-state index in [-0.39, 0.29) is 24.5 Å². The molecule has 3 aliphatic rings. The number of carbonyl (C=O) groups excluding carboxylic acids is 1. The van der Waals surface area contributed by atoms with Gasteiger partial charge in [0.1, 0.15) is 0 Å². The van der Waals surface area contributed by atoms with Gasteiger partial charge in [0, 0.05) is 49.1 Å². The summed E-state index contributed by atoms with van der Waals surface area (Å²) >= 11 is 6.28. The van der Waals surface area contributed by atoms with Gasteiger partial charge in [0.05, 0.1) is 37.2 Å². The van der Waals surface area contributed by atoms with E-state index in [2.05, 4.69) is 29.0 Å². The molecule has 10 heteroatoms. The van der Waals surface area contributed by atoms with Gasteiger partial charge >= 0.3 is 0 Å². The van der Waals surface area contributed by atoms with Gasteiger partial charge in [0.2, 0.25) is 5.91 Å². The summed E-state index contributed by atoms with van der Waals surface area (Å²) in [7, 11) is 0.911. The van der Waals surface area contributed by atoms with E-state index in [0.29, 0.717) is 53.1 Å². The van der Waals surface area contributed by atoms with E-state index < -0.39 is 9.84 Å². The summed E-state index contributed by atoms with van der Waals surface area (Å²) in [5.41, 5.74) is 4.85. The van der Waals surface area contributed by atoms with Gasteiger partial charge in [-0.3, -0.25) is 9.69 Å². The first-order valence-electron chi connectivity index (χ1n) is 16.7. The number of benzene rings is 3. The Morgan fingerprint density at radius 1 is 0.936 bits per heavy atom. The smallest absolute Gasteiger partial charge is 0.232 e. The van der Waals surface area contributed by atoms with Crippen LogP contribution in [-0.2, 0) is 21.1 Å². The molecule has 1 saturated carbocycles. The largest absolute Gasteiger partial charge is 0.493 e. The first kappa shape index (κ1) is 33.6. The minimum absolute atomic E-state index is 0.0150. The predicted molar refractivity (Wildman–Crippen MR) is 189 cm³/mol. The molecule has 3 aromatic carbocycles. The Balaban J connectivity index is 1.19. The molecule has 0 bridgehead atoms. The Bertz CT molecular complexity index is 1660. The second kappa shape index (κ2) is 14.1. The Hall–Kier alpha value is -3.27. The molecule has 1 amide bonds. The number of hydrogen-bond acceptors (Lipinski definition) is 7. The highest BCUT2D eigenvalue weighted by Crippen LogP contribution is 2.44. The molecular formula is C37H46ClN3O5S. The average molecular weight is 680 g/mol. The van der Waals surface area contributed by atoms with Crippen LogP contribution in [0.5, 0.6) is 11.5 Å². The molecule has 0 aromatic heterocycles. The number of sulfone groups is 1. The standard InChI is InChI=1S/C37H46ClN3O5S/c1-25(2)46-35-23-33-28(21-34(35)45-4)22-36(42)41(37(33)27-7-9-29(38)10-8-27)32-15-13-30(14-16-32)39(3)24-26-5-11-31(12-6-26)40-17-19-47(43,44)20-18-40/h7-10,13-16,21,23,25-26,31,37H,5-6,11-12,17-20,22,24H2,1-4H3/t26?,31?,37-/m0/s1. The minimum Gasteiger partial charge on any atom is -0.493 e. The van der Waals surface area contributed by atoms with Crippen LogP contribution in [0.2, 0.25) is 5.02 Å². The van der Waals surface area contributed by atoms with Crippen LogP contribution in [0.1, 0.15) is 62.3 Å². The topological polar surface area (TPSA) is 79.4 Å². The van der Waals surface area contributed by atoms with Crippen molar-refractivity contribution in [3.05, 3.63) is 82.4 Å². The molecule has 0 N–H and O–H groups in total. The Morgan fingerprint density at radius 3 is 2.21 bits per heavy atom. The summed E-state index contributed by atoms with van der Waals surface area (Å²) in [4.78, 5) is 20.5. The zero-order chi connectivity index (χ0) is 33.3. The fourth-order valence-electron chi connectivity index (χ4n) is 7.47. The number of halogens is 1. The lowest BCUT2D eigenvalue weighted by Crippen LogP contribution is -2.47. The minimum atomic E-state index is -2.85. The van der Waals surface area contributed by atoms with Crippen LogP contribution >= 0.6 is 11.6 Å². The molecular weight excluding hydrogens is 634 g/mol. The van der Waals surface area contributed by atoms with Crippen molar-refractivity contribution >= 4 is 38.7 Å². The second-order valence-electron chi connectivity index (χ2n) is 13.5. The summed E-state index contributed by atoms with van der Waals surface area (Å²) in [6.45, 7) is 6.29. The molecule has 6 rings (SSSR count). The lowest BCUT2D eigenvalue weighted by Gasteiger charge is -2.39. The zero-order valence-electron chi connectivity index (χ0n) is 27.8. The summed E-state index contributed by atoms with van der Waals surface area (Å²) in [6.07, 6.45) is 4.76. The molecule has 8 nitrogen and oxygen atoms in total. The van der Waals surface area contributed by atoms with Crippen LogP contribution in [0, 0.1) is 5.92 Å². The molecule has 1 saturated heterocycles. The molecule has 47 heavy (non-hydrogen) atoms. The Labute approximate surface area is 284 Å². The third-order valence-electron chi connectivity index (χ3n) is 9.95. The molecule has 0 radical (unpaired) electrons. The van der Waals surface area contributed by atoms with Crippen LogP contribution in [-0.4, -0.2) is 76.7 Å². The van der Waals surface area contributed by atoms with E-state index in [9.17, 15) is 13.2 Å². The van der Waals surface area contributed by atoms with Crippen LogP contribution in [0.3, 0.4) is 0 Å². The van der Waals surface area contributed by atoms with Crippen LogP contribution in [0.4, 0.5) is 11.4 Å². The monoisotopic (exact) mass is 679 g/mol. The van der Waals surface area contributed by atoms with E-state index in [1.807, 2.05) is 67.3 Å². The quantitative estimate of drug-likeness (QED) is 0.254. The van der Waals surface area contributed by atoms with Gasteiger partial charge in [-0.05, 0) is 111 Å². The lowest BCUT2D eigenvalue weighted by atomic mass is 9.85. The van der Waals surface area contributed by atoms with Gasteiger partial charge in [-0.15, -0.1) is 0 Å². The molecule has 3 aromatic rings. The number of rotatable bonds is 9. The summed E-state index contributed by atoms with van der Waals surface area (Å²) in [5, 5.41) is 0.643. The van der Waals surface area contributed by atoms with Crippen molar-refractivity contribution in [1.82, 2.24) is 4.90 Å². The van der Waals surface area contributed by atoms with Crippen molar-refractivity contribution in [2.75, 3.05) is 55.1 Å². The fourth-order valence-corrected chi connectivity index (χ4v) is 8.83. The van der Waals surface area contributed by atoms with Crippen LogP contribution in [0.15, 0.2) is 60.7 Å². The van der Waals surface area contributed by atoms with E-state index in [1.165, 1.54) is 0 Å². The van der Waals surface area contributed by atoms with Crippen molar-refractivity contribution in [2.45, 2.75) is 64.1 Å². The van der Waals surface area contributed by atoms with Gasteiger partial charge < -0.3 is 19.3 Å². The number of anilines is 2. The van der Waals surface area contributed by atoms with Crippen molar-refractivity contribution in [2.24, 2.45) is 5.92 Å². The van der Waals surface area contributed by atoms with Crippen LogP contribution in [0.25, 0.3) is 0 Å². The molecule has 1 aliphatic carbocycles. The Morgan fingerprint density at radius 2 is 1.60 bits per heavy atom. The maximum atomic E-state index is 13.9. The van der Waals surface area contributed by atoms with E-state index in [0.717, 1.165) is 60.3 Å². The molecule has 0 unspecified atom stereocenters. The number of nitrogens with zero attached hydrogens (tertiary/aromatic N) is 3. The van der Waals surface area contributed by atoms with Crippen molar-refractivity contribution < 1.29 is 22.7 Å². The second-order valence-corrected chi connectivity index (χ2v) is 16.3. The maximum Gasteiger partial charge on any atom is 0.232 e. The van der Waals surface area contributed by atoms with Gasteiger partial charge in [-0.1, -0.05) is 23.7 Å². The molecule has 2 aliphatic heterocycles. The Kier molecular flexibility index (Phi) is 10.1. The van der Waals surface area contributed by atoms with Gasteiger partial charge in [0.15, 0.2) is 21.3 Å². The number of hydrogen-bond donors (Lipinski definition) is 0. The van der Waals surface area contributed by atoms with Crippen LogP contribution < -0.4 is 19.3 Å². The van der Waals surface area contributed by atoms with Crippen molar-refractivity contribution in [3.8, 4) is 11.5 Å². The number of amides is 1. The fraction of sp³-hybridized carbons (Fsp3) is 0.486. The summed E-state index contributed by atoms with van der Waals surface area (Å²) < 4.78 is 35.5. The van der Waals surface area contributed by atoms with E-state index in [1.54, 1.807) is 7.11 Å². The zero-order valence-corrected chi connectivity index (χ0v) is 29.4. The normalized spacial score (nSPS) is 23.0. The molecule has 0 spiro atoms. The SMILES string of the molecule is COc1cc2c(cc1OC(C)C)[C@H](c1ccc(Cl)cc1)N(c1ccc(N(C)CC3CCC(N4CCS(=O)(=O)CC4)CC3)cc1)C(=O)C2. The molecule has 2 fully saturated rings. The van der Waals surface area contributed by atoms with Crippen molar-refractivity contribution in [1.29, 1.82) is 0 Å². The first-order valence-corrected chi connectivity index (χ1v) is 18.9. The molecule has 252 valence electrons. The van der Waals surface area contributed by atoms with E-state index >= 15 is 0 Å². The van der Waals surface area contributed by atoms with Crippen molar-refractivity contribution in [3.63, 3.8) is 0 Å².